The topological polar surface area (TPSA) is 79.3 Å². The van der Waals surface area contributed by atoms with E-state index in [4.69, 9.17) is 0 Å². The summed E-state index contributed by atoms with van der Waals surface area (Å²) in [6.45, 7) is 1.67. The molecule has 7 nitrogen and oxygen atoms in total. The summed E-state index contributed by atoms with van der Waals surface area (Å²) in [5.41, 5.74) is 1.30. The molecule has 2 rings (SSSR count). The number of aromatic nitrogens is 2. The Kier molecular flexibility index (Phi) is 4.95. The van der Waals surface area contributed by atoms with Gasteiger partial charge in [0.25, 0.3) is 0 Å². The van der Waals surface area contributed by atoms with E-state index in [0.29, 0.717) is 12.2 Å². The van der Waals surface area contributed by atoms with Crippen molar-refractivity contribution in [1.29, 1.82) is 0 Å². The summed E-state index contributed by atoms with van der Waals surface area (Å²) < 4.78 is 15.2. The van der Waals surface area contributed by atoms with Crippen molar-refractivity contribution < 1.29 is 14.0 Å². The fraction of sp³-hybridized carbons (Fsp3) is 0.267. The Balaban J connectivity index is 2.03. The van der Waals surface area contributed by atoms with Crippen LogP contribution in [-0.2, 0) is 18.4 Å². The first-order valence-corrected chi connectivity index (χ1v) is 6.92. The smallest absolute Gasteiger partial charge is 0.321 e. The minimum absolute atomic E-state index is 0.0187. The number of hydrogen-bond acceptors (Lipinski definition) is 3. The van der Waals surface area contributed by atoms with Crippen molar-refractivity contribution in [2.75, 3.05) is 17.7 Å². The zero-order valence-corrected chi connectivity index (χ0v) is 13.1. The van der Waals surface area contributed by atoms with Crippen molar-refractivity contribution in [2.24, 2.45) is 7.05 Å². The number of benzene rings is 1. The highest BCUT2D eigenvalue weighted by molar-refractivity contribution is 5.92. The Morgan fingerprint density at radius 1 is 1.35 bits per heavy atom. The van der Waals surface area contributed by atoms with E-state index in [2.05, 4.69) is 15.7 Å². The first-order valence-electron chi connectivity index (χ1n) is 6.92. The maximum absolute atomic E-state index is 13.6. The number of amides is 3. The molecule has 0 aliphatic carbocycles. The van der Waals surface area contributed by atoms with E-state index in [-0.39, 0.29) is 17.6 Å². The Bertz CT molecular complexity index is 728. The number of anilines is 2. The molecule has 1 aromatic heterocycles. The van der Waals surface area contributed by atoms with E-state index in [0.717, 1.165) is 5.56 Å². The standard InChI is InChI=1S/C15H18FN5O2/c1-10(22)18-14-6-12(4-5-13(14)16)19-15(23)20(2)8-11-7-17-21(3)9-11/h4-7,9H,8H2,1-3H3,(H,18,22)(H,19,23). The second kappa shape index (κ2) is 6.91. The monoisotopic (exact) mass is 319 g/mol. The first-order chi connectivity index (χ1) is 10.8. The molecule has 0 aliphatic rings. The first kappa shape index (κ1) is 16.5. The van der Waals surface area contributed by atoms with Crippen LogP contribution in [0.25, 0.3) is 0 Å². The van der Waals surface area contributed by atoms with Crippen molar-refractivity contribution in [3.05, 3.63) is 42.0 Å². The molecule has 0 radical (unpaired) electrons. The Morgan fingerprint density at radius 2 is 2.09 bits per heavy atom. The fourth-order valence-electron chi connectivity index (χ4n) is 2.01. The van der Waals surface area contributed by atoms with Gasteiger partial charge >= 0.3 is 6.03 Å². The molecule has 1 heterocycles. The zero-order valence-electron chi connectivity index (χ0n) is 13.1. The zero-order chi connectivity index (χ0) is 17.0. The SMILES string of the molecule is CC(=O)Nc1cc(NC(=O)N(C)Cc2cnn(C)c2)ccc1F. The van der Waals surface area contributed by atoms with E-state index >= 15 is 0 Å². The van der Waals surface area contributed by atoms with Gasteiger partial charge < -0.3 is 15.5 Å². The second-order valence-corrected chi connectivity index (χ2v) is 5.18. The second-order valence-electron chi connectivity index (χ2n) is 5.18. The summed E-state index contributed by atoms with van der Waals surface area (Å²) in [5, 5.41) is 9.06. The molecule has 0 atom stereocenters. The molecule has 0 saturated heterocycles. The number of carbonyl (C=O) groups is 2. The predicted molar refractivity (Wildman–Crippen MR) is 84.4 cm³/mol. The number of nitrogens with zero attached hydrogens (tertiary/aromatic N) is 3. The van der Waals surface area contributed by atoms with Crippen LogP contribution in [0.1, 0.15) is 12.5 Å². The van der Waals surface area contributed by atoms with E-state index in [1.165, 1.54) is 30.0 Å². The molecule has 3 amide bonds. The minimum Gasteiger partial charge on any atom is -0.324 e. The van der Waals surface area contributed by atoms with Gasteiger partial charge in [-0.3, -0.25) is 9.48 Å². The number of urea groups is 1. The van der Waals surface area contributed by atoms with Gasteiger partial charge in [0.2, 0.25) is 5.91 Å². The highest BCUT2D eigenvalue weighted by Crippen LogP contribution is 2.20. The van der Waals surface area contributed by atoms with E-state index in [1.54, 1.807) is 25.0 Å². The molecule has 0 saturated carbocycles. The van der Waals surface area contributed by atoms with Crippen molar-refractivity contribution in [1.82, 2.24) is 14.7 Å². The summed E-state index contributed by atoms with van der Waals surface area (Å²) in [7, 11) is 3.44. The molecule has 0 fully saturated rings. The van der Waals surface area contributed by atoms with Gasteiger partial charge in [0.15, 0.2) is 0 Å². The maximum Gasteiger partial charge on any atom is 0.321 e. The summed E-state index contributed by atoms with van der Waals surface area (Å²) >= 11 is 0. The molecule has 0 aliphatic heterocycles. The number of aryl methyl sites for hydroxylation is 1. The lowest BCUT2D eigenvalue weighted by molar-refractivity contribution is -0.114. The van der Waals surface area contributed by atoms with Crippen LogP contribution >= 0.6 is 0 Å². The summed E-state index contributed by atoms with van der Waals surface area (Å²) in [4.78, 5) is 24.7. The van der Waals surface area contributed by atoms with Crippen LogP contribution in [-0.4, -0.2) is 33.7 Å². The lowest BCUT2D eigenvalue weighted by Crippen LogP contribution is -2.30. The lowest BCUT2D eigenvalue weighted by Gasteiger charge is -2.17. The van der Waals surface area contributed by atoms with Crippen molar-refractivity contribution >= 4 is 23.3 Å². The molecule has 0 bridgehead atoms. The average molecular weight is 319 g/mol. The third-order valence-electron chi connectivity index (χ3n) is 3.05. The van der Waals surface area contributed by atoms with Crippen LogP contribution in [0.4, 0.5) is 20.6 Å². The van der Waals surface area contributed by atoms with Crippen LogP contribution in [0, 0.1) is 5.82 Å². The number of nitrogens with one attached hydrogen (secondary N) is 2. The van der Waals surface area contributed by atoms with E-state index < -0.39 is 5.82 Å². The van der Waals surface area contributed by atoms with Gasteiger partial charge in [-0.2, -0.15) is 5.10 Å². The van der Waals surface area contributed by atoms with Gasteiger partial charge in [0.1, 0.15) is 5.82 Å². The van der Waals surface area contributed by atoms with Crippen LogP contribution in [0.3, 0.4) is 0 Å². The van der Waals surface area contributed by atoms with Gasteiger partial charge in [0, 0.05) is 38.5 Å². The maximum atomic E-state index is 13.6. The van der Waals surface area contributed by atoms with Gasteiger partial charge in [0.05, 0.1) is 18.4 Å². The molecular formula is C15H18FN5O2. The third kappa shape index (κ3) is 4.53. The number of rotatable bonds is 4. The van der Waals surface area contributed by atoms with Gasteiger partial charge in [-0.05, 0) is 18.2 Å². The normalized spacial score (nSPS) is 10.3. The van der Waals surface area contributed by atoms with Gasteiger partial charge in [-0.15, -0.1) is 0 Å². The number of carbonyl (C=O) groups excluding carboxylic acids is 2. The quantitative estimate of drug-likeness (QED) is 0.906. The van der Waals surface area contributed by atoms with E-state index in [1.807, 2.05) is 6.20 Å². The summed E-state index contributed by atoms with van der Waals surface area (Å²) in [6.07, 6.45) is 3.49. The Morgan fingerprint density at radius 3 is 2.70 bits per heavy atom. The predicted octanol–water partition coefficient (Wildman–Crippen LogP) is 2.18. The van der Waals surface area contributed by atoms with Crippen molar-refractivity contribution in [3.8, 4) is 0 Å². The fourth-order valence-corrected chi connectivity index (χ4v) is 2.01. The van der Waals surface area contributed by atoms with Crippen LogP contribution < -0.4 is 10.6 Å². The van der Waals surface area contributed by atoms with Crippen LogP contribution in [0.2, 0.25) is 0 Å². The molecule has 0 unspecified atom stereocenters. The lowest BCUT2D eigenvalue weighted by atomic mass is 10.2. The van der Waals surface area contributed by atoms with Crippen LogP contribution in [0.5, 0.6) is 0 Å². The highest BCUT2D eigenvalue weighted by Gasteiger charge is 2.12. The highest BCUT2D eigenvalue weighted by atomic mass is 19.1. The van der Waals surface area contributed by atoms with E-state index in [9.17, 15) is 14.0 Å². The molecule has 2 N–H and O–H groups in total. The molecule has 1 aromatic carbocycles. The number of halogens is 1. The molecule has 122 valence electrons. The summed E-state index contributed by atoms with van der Waals surface area (Å²) in [5.74, 6) is -0.956. The molecular weight excluding hydrogens is 301 g/mol. The van der Waals surface area contributed by atoms with Gasteiger partial charge in [-0.25, -0.2) is 9.18 Å². The Labute approximate surface area is 133 Å². The average Bonchev–Trinajstić information content (AvgIpc) is 2.87. The minimum atomic E-state index is -0.568. The van der Waals surface area contributed by atoms with Crippen molar-refractivity contribution in [3.63, 3.8) is 0 Å². The van der Waals surface area contributed by atoms with Crippen molar-refractivity contribution in [2.45, 2.75) is 13.5 Å². The van der Waals surface area contributed by atoms with Crippen LogP contribution in [0.15, 0.2) is 30.6 Å². The molecule has 2 aromatic rings. The Hall–Kier alpha value is -2.90. The van der Waals surface area contributed by atoms with Gasteiger partial charge in [-0.1, -0.05) is 0 Å². The number of hydrogen-bond donors (Lipinski definition) is 2. The molecule has 8 heteroatoms. The summed E-state index contributed by atoms with van der Waals surface area (Å²) in [6, 6.07) is 3.62. The molecule has 0 spiro atoms. The third-order valence-corrected chi connectivity index (χ3v) is 3.05. The molecule has 23 heavy (non-hydrogen) atoms. The largest absolute Gasteiger partial charge is 0.324 e.